The fourth-order valence-electron chi connectivity index (χ4n) is 2.99. The van der Waals surface area contributed by atoms with Crippen LogP contribution in [0.4, 0.5) is 0 Å². The van der Waals surface area contributed by atoms with Crippen molar-refractivity contribution in [1.29, 1.82) is 0 Å². The van der Waals surface area contributed by atoms with Crippen molar-refractivity contribution in [2.75, 3.05) is 32.2 Å². The van der Waals surface area contributed by atoms with Crippen molar-refractivity contribution in [3.63, 3.8) is 0 Å². The first-order valence-electron chi connectivity index (χ1n) is 8.43. The van der Waals surface area contributed by atoms with Crippen LogP contribution in [0, 0.1) is 0 Å². The van der Waals surface area contributed by atoms with Crippen molar-refractivity contribution >= 4 is 15.7 Å². The minimum absolute atomic E-state index is 0.00272. The summed E-state index contributed by atoms with van der Waals surface area (Å²) in [7, 11) is 0.420. The number of sulfone groups is 1. The Morgan fingerprint density at radius 3 is 2.48 bits per heavy atom. The normalized spacial score (nSPS) is 19.8. The van der Waals surface area contributed by atoms with Gasteiger partial charge in [0.1, 0.15) is 5.75 Å². The van der Waals surface area contributed by atoms with E-state index in [9.17, 15) is 13.2 Å². The molecular weight excluding hydrogens is 340 g/mol. The summed E-state index contributed by atoms with van der Waals surface area (Å²) in [5.41, 5.74) is 1.13. The zero-order valence-electron chi connectivity index (χ0n) is 15.7. The lowest BCUT2D eigenvalue weighted by Gasteiger charge is -2.33. The molecule has 1 heterocycles. The first-order chi connectivity index (χ1) is 11.5. The lowest BCUT2D eigenvalue weighted by molar-refractivity contribution is -0.151. The van der Waals surface area contributed by atoms with E-state index in [2.05, 4.69) is 20.8 Å². The molecule has 0 aromatic heterocycles. The number of nitrogens with zero attached hydrogens (tertiary/aromatic N) is 2. The largest absolute Gasteiger partial charge is 0.484 e. The molecule has 2 rings (SSSR count). The fourth-order valence-corrected chi connectivity index (χ4v) is 4.68. The maximum absolute atomic E-state index is 12.6. The Hall–Kier alpha value is -1.60. The van der Waals surface area contributed by atoms with Gasteiger partial charge in [-0.1, -0.05) is 32.9 Å². The Morgan fingerprint density at radius 2 is 1.96 bits per heavy atom. The Morgan fingerprint density at radius 1 is 1.28 bits per heavy atom. The highest BCUT2D eigenvalue weighted by molar-refractivity contribution is 7.91. The summed E-state index contributed by atoms with van der Waals surface area (Å²) in [5.74, 6) is 0.534. The summed E-state index contributed by atoms with van der Waals surface area (Å²) < 4.78 is 29.1. The number of rotatable bonds is 5. The van der Waals surface area contributed by atoms with Gasteiger partial charge in [0, 0.05) is 14.1 Å². The molecule has 1 unspecified atom stereocenters. The number of amides is 1. The van der Waals surface area contributed by atoms with Crippen LogP contribution in [0.15, 0.2) is 24.3 Å². The molecule has 1 aliphatic heterocycles. The Labute approximate surface area is 150 Å². The molecule has 0 N–H and O–H groups in total. The summed E-state index contributed by atoms with van der Waals surface area (Å²) in [4.78, 5) is 12.6. The van der Waals surface area contributed by atoms with Crippen LogP contribution < -0.4 is 4.74 Å². The van der Waals surface area contributed by atoms with Gasteiger partial charge in [-0.3, -0.25) is 9.80 Å². The zero-order valence-corrected chi connectivity index (χ0v) is 16.5. The fraction of sp³-hybridized carbons (Fsp3) is 0.611. The summed E-state index contributed by atoms with van der Waals surface area (Å²) in [6.07, 6.45) is 0.464. The number of hydrogen-bond acceptors (Lipinski definition) is 5. The maximum Gasteiger partial charge on any atom is 0.275 e. The van der Waals surface area contributed by atoms with Gasteiger partial charge in [0.25, 0.3) is 5.91 Å². The molecule has 1 aromatic rings. The number of carbonyl (C=O) groups excluding carboxylic acids is 1. The number of benzene rings is 1. The molecule has 1 aliphatic rings. The third-order valence-electron chi connectivity index (χ3n) is 4.30. The SMILES string of the molecule is CN(C)N(C(=O)COc1cccc(C(C)(C)C)c1)C1CCS(=O)(=O)C1. The van der Waals surface area contributed by atoms with Crippen molar-refractivity contribution in [3.8, 4) is 5.75 Å². The molecule has 0 radical (unpaired) electrons. The molecule has 0 saturated carbocycles. The maximum atomic E-state index is 12.6. The van der Waals surface area contributed by atoms with E-state index in [0.29, 0.717) is 12.2 Å². The van der Waals surface area contributed by atoms with Gasteiger partial charge in [-0.15, -0.1) is 0 Å². The topological polar surface area (TPSA) is 66.9 Å². The van der Waals surface area contributed by atoms with Crippen molar-refractivity contribution in [1.82, 2.24) is 10.0 Å². The highest BCUT2D eigenvalue weighted by Gasteiger charge is 2.36. The van der Waals surface area contributed by atoms with E-state index in [1.165, 1.54) is 5.01 Å². The van der Waals surface area contributed by atoms with Crippen molar-refractivity contribution in [2.45, 2.75) is 38.6 Å². The van der Waals surface area contributed by atoms with Gasteiger partial charge < -0.3 is 4.74 Å². The van der Waals surface area contributed by atoms with Crippen LogP contribution >= 0.6 is 0 Å². The molecule has 1 amide bonds. The predicted molar refractivity (Wildman–Crippen MR) is 98.2 cm³/mol. The molecule has 1 aromatic carbocycles. The summed E-state index contributed by atoms with van der Waals surface area (Å²) in [6.45, 7) is 6.23. The summed E-state index contributed by atoms with van der Waals surface area (Å²) in [5, 5.41) is 3.14. The lowest BCUT2D eigenvalue weighted by Crippen LogP contribution is -2.51. The van der Waals surface area contributed by atoms with Crippen molar-refractivity contribution in [3.05, 3.63) is 29.8 Å². The molecule has 1 fully saturated rings. The number of hydrazine groups is 1. The van der Waals surface area contributed by atoms with Crippen LogP contribution in [-0.2, 0) is 20.0 Å². The minimum atomic E-state index is -3.06. The Bertz CT molecular complexity index is 723. The molecule has 6 nitrogen and oxygen atoms in total. The first kappa shape index (κ1) is 19.7. The molecule has 140 valence electrons. The highest BCUT2D eigenvalue weighted by atomic mass is 32.2. The molecule has 1 atom stereocenters. The van der Waals surface area contributed by atoms with Crippen LogP contribution in [0.1, 0.15) is 32.8 Å². The Kier molecular flexibility index (Phi) is 5.79. The van der Waals surface area contributed by atoms with E-state index in [0.717, 1.165) is 5.56 Å². The second kappa shape index (κ2) is 7.33. The number of ether oxygens (including phenoxy) is 1. The highest BCUT2D eigenvalue weighted by Crippen LogP contribution is 2.26. The minimum Gasteiger partial charge on any atom is -0.484 e. The van der Waals surface area contributed by atoms with Gasteiger partial charge in [-0.25, -0.2) is 13.4 Å². The van der Waals surface area contributed by atoms with Gasteiger partial charge in [0.2, 0.25) is 0 Å². The monoisotopic (exact) mass is 368 g/mol. The van der Waals surface area contributed by atoms with Gasteiger partial charge in [-0.2, -0.15) is 0 Å². The van der Waals surface area contributed by atoms with E-state index >= 15 is 0 Å². The average Bonchev–Trinajstić information content (AvgIpc) is 2.84. The van der Waals surface area contributed by atoms with Gasteiger partial charge >= 0.3 is 0 Å². The van der Waals surface area contributed by atoms with E-state index in [1.54, 1.807) is 19.1 Å². The van der Waals surface area contributed by atoms with E-state index < -0.39 is 9.84 Å². The molecular formula is C18H28N2O4S. The van der Waals surface area contributed by atoms with E-state index in [4.69, 9.17) is 4.74 Å². The number of carbonyl (C=O) groups is 1. The number of hydrogen-bond donors (Lipinski definition) is 0. The standard InChI is InChI=1S/C18H28N2O4S/c1-18(2,3)14-7-6-8-16(11-14)24-12-17(21)20(19(4)5)15-9-10-25(22,23)13-15/h6-8,11,15H,9-10,12-13H2,1-5H3. The van der Waals surface area contributed by atoms with E-state index in [1.807, 2.05) is 24.3 Å². The summed E-state index contributed by atoms with van der Waals surface area (Å²) in [6, 6.07) is 7.38. The summed E-state index contributed by atoms with van der Waals surface area (Å²) >= 11 is 0. The first-order valence-corrected chi connectivity index (χ1v) is 10.2. The molecule has 0 bridgehead atoms. The van der Waals surface area contributed by atoms with Crippen LogP contribution in [0.5, 0.6) is 5.75 Å². The molecule has 0 spiro atoms. The molecule has 0 aliphatic carbocycles. The van der Waals surface area contributed by atoms with Gasteiger partial charge in [-0.05, 0) is 29.5 Å². The Balaban J connectivity index is 2.05. The molecule has 25 heavy (non-hydrogen) atoms. The molecule has 7 heteroatoms. The third kappa shape index (κ3) is 5.19. The molecule has 1 saturated heterocycles. The smallest absolute Gasteiger partial charge is 0.275 e. The quantitative estimate of drug-likeness (QED) is 0.742. The van der Waals surface area contributed by atoms with Crippen LogP contribution in [0.2, 0.25) is 0 Å². The van der Waals surface area contributed by atoms with E-state index in [-0.39, 0.29) is 35.5 Å². The van der Waals surface area contributed by atoms with Gasteiger partial charge in [0.05, 0.1) is 17.5 Å². The van der Waals surface area contributed by atoms with Crippen LogP contribution in [0.3, 0.4) is 0 Å². The van der Waals surface area contributed by atoms with Crippen molar-refractivity contribution < 1.29 is 17.9 Å². The lowest BCUT2D eigenvalue weighted by atomic mass is 9.87. The average molecular weight is 368 g/mol. The van der Waals surface area contributed by atoms with Crippen LogP contribution in [-0.4, -0.2) is 62.6 Å². The zero-order chi connectivity index (χ0) is 18.8. The third-order valence-corrected chi connectivity index (χ3v) is 6.05. The van der Waals surface area contributed by atoms with Crippen LogP contribution in [0.25, 0.3) is 0 Å². The predicted octanol–water partition coefficient (Wildman–Crippen LogP) is 1.86. The second-order valence-electron chi connectivity index (χ2n) is 7.71. The van der Waals surface area contributed by atoms with Crippen molar-refractivity contribution in [2.24, 2.45) is 0 Å². The second-order valence-corrected chi connectivity index (χ2v) is 9.94. The van der Waals surface area contributed by atoms with Gasteiger partial charge in [0.15, 0.2) is 16.4 Å².